The molecule has 3 nitrogen and oxygen atoms in total. The minimum Gasteiger partial charge on any atom is -0.393 e. The molecule has 0 aromatic heterocycles. The van der Waals surface area contributed by atoms with Crippen LogP contribution in [0.1, 0.15) is 65.7 Å². The van der Waals surface area contributed by atoms with Gasteiger partial charge < -0.3 is 10.2 Å². The average molecular weight is 332 g/mol. The van der Waals surface area contributed by atoms with E-state index in [1.165, 1.54) is 5.57 Å². The van der Waals surface area contributed by atoms with Crippen molar-refractivity contribution in [2.45, 2.75) is 77.9 Å². The summed E-state index contributed by atoms with van der Waals surface area (Å²) >= 11 is 0. The molecule has 4 rings (SSSR count). The van der Waals surface area contributed by atoms with Gasteiger partial charge in [-0.05, 0) is 80.5 Å². The Labute approximate surface area is 145 Å². The molecule has 0 aromatic rings. The maximum Gasteiger partial charge on any atom is 0.133 e. The minimum atomic E-state index is -0.319. The van der Waals surface area contributed by atoms with E-state index in [9.17, 15) is 15.0 Å². The Hall–Kier alpha value is -0.670. The van der Waals surface area contributed by atoms with Crippen LogP contribution in [0.5, 0.6) is 0 Å². The van der Waals surface area contributed by atoms with Gasteiger partial charge in [0.15, 0.2) is 0 Å². The number of carbonyl (C=O) groups excluding carboxylic acids is 1. The summed E-state index contributed by atoms with van der Waals surface area (Å²) in [6.45, 7) is 6.33. The lowest BCUT2D eigenvalue weighted by Gasteiger charge is -2.59. The largest absolute Gasteiger partial charge is 0.393 e. The van der Waals surface area contributed by atoms with Gasteiger partial charge in [0.25, 0.3) is 0 Å². The van der Waals surface area contributed by atoms with Gasteiger partial charge in [-0.15, -0.1) is 0 Å². The van der Waals surface area contributed by atoms with Gasteiger partial charge in [-0.2, -0.15) is 0 Å². The van der Waals surface area contributed by atoms with Gasteiger partial charge in [0.1, 0.15) is 5.78 Å². The van der Waals surface area contributed by atoms with Crippen LogP contribution in [-0.4, -0.2) is 28.2 Å². The number of hydrogen-bond donors (Lipinski definition) is 2. The first-order chi connectivity index (χ1) is 11.3. The molecule has 0 amide bonds. The summed E-state index contributed by atoms with van der Waals surface area (Å²) in [6.07, 6.45) is 8.39. The van der Waals surface area contributed by atoms with Gasteiger partial charge in [0.2, 0.25) is 0 Å². The standard InChI is InChI=1S/C21H32O3/c1-12(22)16-6-7-17-15-5-4-13-10-14(23)8-9-20(13,2)19(15)18(24)11-21(16,17)3/h4,14-19,23-24H,5-11H2,1-3H3/t14-,15?,16+,17?,18-,19?,20-,21+/m0/s1. The number of fused-ring (bicyclic) bond motifs is 5. The molecule has 2 N–H and O–H groups in total. The Bertz CT molecular complexity index is 582. The van der Waals surface area contributed by atoms with Gasteiger partial charge in [-0.1, -0.05) is 25.5 Å². The third-order valence-electron chi connectivity index (χ3n) is 8.50. The van der Waals surface area contributed by atoms with Gasteiger partial charge in [0.05, 0.1) is 12.2 Å². The lowest BCUT2D eigenvalue weighted by Crippen LogP contribution is -2.56. The van der Waals surface area contributed by atoms with Crippen LogP contribution >= 0.6 is 0 Å². The van der Waals surface area contributed by atoms with Crippen LogP contribution in [0.25, 0.3) is 0 Å². The molecular formula is C21H32O3. The molecule has 8 atom stereocenters. The first kappa shape index (κ1) is 16.8. The second kappa shape index (κ2) is 5.41. The lowest BCUT2D eigenvalue weighted by atomic mass is 9.46. The highest BCUT2D eigenvalue weighted by Crippen LogP contribution is 2.66. The molecule has 134 valence electrons. The molecule has 0 saturated heterocycles. The number of hydrogen-bond acceptors (Lipinski definition) is 3. The SMILES string of the molecule is CC(=O)[C@H]1CCC2C3CC=C4C[C@@H](O)CC[C@]4(C)C3[C@@H](O)C[C@@]21C. The van der Waals surface area contributed by atoms with Crippen LogP contribution in [-0.2, 0) is 4.79 Å². The molecule has 3 unspecified atom stereocenters. The molecule has 0 bridgehead atoms. The second-order valence-corrected chi connectivity index (χ2v) is 9.59. The van der Waals surface area contributed by atoms with Crippen molar-refractivity contribution in [2.75, 3.05) is 0 Å². The van der Waals surface area contributed by atoms with Gasteiger partial charge in [-0.3, -0.25) is 4.79 Å². The van der Waals surface area contributed by atoms with Crippen molar-refractivity contribution in [3.63, 3.8) is 0 Å². The van der Waals surface area contributed by atoms with E-state index in [-0.39, 0.29) is 29.0 Å². The Balaban J connectivity index is 1.71. The fourth-order valence-corrected chi connectivity index (χ4v) is 7.44. The van der Waals surface area contributed by atoms with Crippen LogP contribution in [0, 0.1) is 34.5 Å². The predicted molar refractivity (Wildman–Crippen MR) is 93.3 cm³/mol. The number of carbonyl (C=O) groups is 1. The smallest absolute Gasteiger partial charge is 0.133 e. The summed E-state index contributed by atoms with van der Waals surface area (Å²) in [5, 5.41) is 21.3. The Morgan fingerprint density at radius 3 is 2.67 bits per heavy atom. The molecule has 3 saturated carbocycles. The van der Waals surface area contributed by atoms with E-state index in [0.29, 0.717) is 23.5 Å². The average Bonchev–Trinajstić information content (AvgIpc) is 2.84. The van der Waals surface area contributed by atoms with Crippen LogP contribution in [0.15, 0.2) is 11.6 Å². The van der Waals surface area contributed by atoms with Crippen molar-refractivity contribution in [2.24, 2.45) is 34.5 Å². The van der Waals surface area contributed by atoms with E-state index in [1.54, 1.807) is 6.92 Å². The zero-order valence-corrected chi connectivity index (χ0v) is 15.3. The summed E-state index contributed by atoms with van der Waals surface area (Å²) in [5.41, 5.74) is 1.39. The molecule has 0 radical (unpaired) electrons. The highest BCUT2D eigenvalue weighted by molar-refractivity contribution is 5.79. The third-order valence-corrected chi connectivity index (χ3v) is 8.50. The van der Waals surface area contributed by atoms with Crippen molar-refractivity contribution in [1.29, 1.82) is 0 Å². The molecule has 3 heteroatoms. The fourth-order valence-electron chi connectivity index (χ4n) is 7.44. The predicted octanol–water partition coefficient (Wildman–Crippen LogP) is 3.49. The zero-order chi connectivity index (χ0) is 17.3. The van der Waals surface area contributed by atoms with Crippen molar-refractivity contribution in [3.8, 4) is 0 Å². The molecule has 0 heterocycles. The first-order valence-electron chi connectivity index (χ1n) is 9.83. The molecule has 24 heavy (non-hydrogen) atoms. The molecule has 4 aliphatic carbocycles. The number of rotatable bonds is 1. The van der Waals surface area contributed by atoms with E-state index in [0.717, 1.165) is 44.9 Å². The number of Topliss-reactive ketones (excluding diaryl/α,β-unsaturated/α-hetero) is 1. The van der Waals surface area contributed by atoms with Gasteiger partial charge in [0, 0.05) is 5.92 Å². The second-order valence-electron chi connectivity index (χ2n) is 9.59. The molecule has 0 aromatic carbocycles. The maximum atomic E-state index is 12.2. The van der Waals surface area contributed by atoms with E-state index in [1.807, 2.05) is 0 Å². The van der Waals surface area contributed by atoms with Crippen LogP contribution in [0.2, 0.25) is 0 Å². The third kappa shape index (κ3) is 2.13. The summed E-state index contributed by atoms with van der Waals surface area (Å²) < 4.78 is 0. The molecular weight excluding hydrogens is 300 g/mol. The van der Waals surface area contributed by atoms with Gasteiger partial charge in [-0.25, -0.2) is 0 Å². The van der Waals surface area contributed by atoms with E-state index < -0.39 is 0 Å². The number of aliphatic hydroxyl groups is 2. The summed E-state index contributed by atoms with van der Waals surface area (Å²) in [7, 11) is 0. The summed E-state index contributed by atoms with van der Waals surface area (Å²) in [5.74, 6) is 1.79. The molecule has 3 fully saturated rings. The Kier molecular flexibility index (Phi) is 3.78. The Morgan fingerprint density at radius 1 is 1.21 bits per heavy atom. The van der Waals surface area contributed by atoms with Crippen LogP contribution in [0.3, 0.4) is 0 Å². The van der Waals surface area contributed by atoms with Crippen molar-refractivity contribution in [3.05, 3.63) is 11.6 Å². The number of aliphatic hydroxyl groups excluding tert-OH is 2. The molecule has 4 aliphatic rings. The van der Waals surface area contributed by atoms with E-state index >= 15 is 0 Å². The topological polar surface area (TPSA) is 57.5 Å². The summed E-state index contributed by atoms with van der Waals surface area (Å²) in [4.78, 5) is 12.2. The first-order valence-corrected chi connectivity index (χ1v) is 9.83. The quantitative estimate of drug-likeness (QED) is 0.723. The van der Waals surface area contributed by atoms with Crippen LogP contribution < -0.4 is 0 Å². The number of allylic oxidation sites excluding steroid dienone is 1. The summed E-state index contributed by atoms with van der Waals surface area (Å²) in [6, 6.07) is 0. The van der Waals surface area contributed by atoms with Gasteiger partial charge >= 0.3 is 0 Å². The maximum absolute atomic E-state index is 12.2. The van der Waals surface area contributed by atoms with Crippen molar-refractivity contribution >= 4 is 5.78 Å². The lowest BCUT2D eigenvalue weighted by molar-refractivity contribution is -0.140. The highest BCUT2D eigenvalue weighted by atomic mass is 16.3. The monoisotopic (exact) mass is 332 g/mol. The minimum absolute atomic E-state index is 0.0255. The fraction of sp³-hybridized carbons (Fsp3) is 0.857. The molecule has 0 aliphatic heterocycles. The highest BCUT2D eigenvalue weighted by Gasteiger charge is 2.62. The van der Waals surface area contributed by atoms with E-state index in [2.05, 4.69) is 19.9 Å². The molecule has 0 spiro atoms. The van der Waals surface area contributed by atoms with E-state index in [4.69, 9.17) is 0 Å². The van der Waals surface area contributed by atoms with Crippen LogP contribution in [0.4, 0.5) is 0 Å². The normalized spacial score (nSPS) is 53.6. The van der Waals surface area contributed by atoms with Crippen molar-refractivity contribution in [1.82, 2.24) is 0 Å². The number of ketones is 1. The van der Waals surface area contributed by atoms with Crippen molar-refractivity contribution < 1.29 is 15.0 Å². The Morgan fingerprint density at radius 2 is 1.96 bits per heavy atom. The zero-order valence-electron chi connectivity index (χ0n) is 15.3.